The summed E-state index contributed by atoms with van der Waals surface area (Å²) in [6, 6.07) is 0. The summed E-state index contributed by atoms with van der Waals surface area (Å²) in [5.41, 5.74) is 0. The van der Waals surface area contributed by atoms with E-state index in [1.807, 2.05) is 0 Å². The molecule has 0 aromatic carbocycles. The molecule has 4 fully saturated rings. The zero-order valence-corrected chi connectivity index (χ0v) is 19.3. The standard InChI is InChI=1S/C28H50/c1-3-5-11-21-19-23(27-15-9-7-13-25(21)27)17-18-24-20-22(12-6-4-2)26-14-8-10-16-28(24)26/h21-28H,3-20H2,1-2H3. The Hall–Kier alpha value is 0. The monoisotopic (exact) mass is 386 g/mol. The van der Waals surface area contributed by atoms with Crippen molar-refractivity contribution in [2.24, 2.45) is 47.3 Å². The van der Waals surface area contributed by atoms with Gasteiger partial charge in [-0.05, 0) is 98.7 Å². The summed E-state index contributed by atoms with van der Waals surface area (Å²) in [6.07, 6.45) is 27.9. The summed E-state index contributed by atoms with van der Waals surface area (Å²) in [4.78, 5) is 0. The molecule has 0 saturated heterocycles. The van der Waals surface area contributed by atoms with E-state index >= 15 is 0 Å². The van der Waals surface area contributed by atoms with Crippen LogP contribution in [-0.4, -0.2) is 0 Å². The second-order valence-corrected chi connectivity index (χ2v) is 11.6. The first-order valence-corrected chi connectivity index (χ1v) is 13.8. The molecule has 0 bridgehead atoms. The Morgan fingerprint density at radius 1 is 0.464 bits per heavy atom. The first kappa shape index (κ1) is 21.2. The van der Waals surface area contributed by atoms with Gasteiger partial charge in [-0.1, -0.05) is 78.1 Å². The Kier molecular flexibility index (Phi) is 7.85. The number of unbranched alkanes of at least 4 members (excludes halogenated alkanes) is 2. The summed E-state index contributed by atoms with van der Waals surface area (Å²) in [5, 5.41) is 0. The van der Waals surface area contributed by atoms with Crippen LogP contribution in [0.15, 0.2) is 0 Å². The molecule has 28 heavy (non-hydrogen) atoms. The highest BCUT2D eigenvalue weighted by Crippen LogP contribution is 2.55. The van der Waals surface area contributed by atoms with Crippen LogP contribution in [0.3, 0.4) is 0 Å². The molecule has 0 heterocycles. The SMILES string of the molecule is CCCCC1CC(CCC2CC(CCCC)C3CCCCC23)C2CCCCC12. The van der Waals surface area contributed by atoms with E-state index in [1.165, 1.54) is 25.7 Å². The lowest BCUT2D eigenvalue weighted by atomic mass is 9.72. The van der Waals surface area contributed by atoms with Gasteiger partial charge in [-0.15, -0.1) is 0 Å². The van der Waals surface area contributed by atoms with Gasteiger partial charge in [0.25, 0.3) is 0 Å². The molecule has 8 atom stereocenters. The summed E-state index contributed by atoms with van der Waals surface area (Å²) >= 11 is 0. The second kappa shape index (κ2) is 10.3. The molecule has 0 N–H and O–H groups in total. The molecule has 4 rings (SSSR count). The van der Waals surface area contributed by atoms with Gasteiger partial charge >= 0.3 is 0 Å². The van der Waals surface area contributed by atoms with Crippen LogP contribution in [0.2, 0.25) is 0 Å². The van der Waals surface area contributed by atoms with E-state index in [0.29, 0.717) is 0 Å². The van der Waals surface area contributed by atoms with Gasteiger partial charge in [-0.3, -0.25) is 0 Å². The lowest BCUT2D eigenvalue weighted by Crippen LogP contribution is -2.23. The highest BCUT2D eigenvalue weighted by atomic mass is 14.5. The minimum absolute atomic E-state index is 1.11. The van der Waals surface area contributed by atoms with Crippen molar-refractivity contribution < 1.29 is 0 Å². The second-order valence-electron chi connectivity index (χ2n) is 11.6. The smallest absolute Gasteiger partial charge is 0.0355 e. The molecule has 0 spiro atoms. The van der Waals surface area contributed by atoms with Crippen molar-refractivity contribution in [2.45, 2.75) is 129 Å². The van der Waals surface area contributed by atoms with E-state index in [0.717, 1.165) is 47.3 Å². The minimum atomic E-state index is 1.11. The molecule has 0 amide bonds. The Morgan fingerprint density at radius 3 is 1.11 bits per heavy atom. The summed E-state index contributed by atoms with van der Waals surface area (Å²) in [5.74, 6) is 8.98. The van der Waals surface area contributed by atoms with Crippen molar-refractivity contribution in [3.8, 4) is 0 Å². The summed E-state index contributed by atoms with van der Waals surface area (Å²) in [6.45, 7) is 4.78. The summed E-state index contributed by atoms with van der Waals surface area (Å²) in [7, 11) is 0. The van der Waals surface area contributed by atoms with E-state index in [1.54, 1.807) is 89.9 Å². The third-order valence-corrected chi connectivity index (χ3v) is 10.1. The molecule has 0 radical (unpaired) electrons. The average Bonchev–Trinajstić information content (AvgIpc) is 3.27. The topological polar surface area (TPSA) is 0 Å². The third-order valence-electron chi connectivity index (χ3n) is 10.1. The number of rotatable bonds is 9. The fourth-order valence-corrected chi connectivity index (χ4v) is 8.88. The van der Waals surface area contributed by atoms with Crippen LogP contribution in [0, 0.1) is 47.3 Å². The zero-order chi connectivity index (χ0) is 19.3. The van der Waals surface area contributed by atoms with Gasteiger partial charge in [0.1, 0.15) is 0 Å². The predicted octanol–water partition coefficient (Wildman–Crippen LogP) is 9.03. The van der Waals surface area contributed by atoms with Crippen molar-refractivity contribution in [2.75, 3.05) is 0 Å². The number of fused-ring (bicyclic) bond motifs is 2. The molecular weight excluding hydrogens is 336 g/mol. The van der Waals surface area contributed by atoms with Crippen LogP contribution in [0.25, 0.3) is 0 Å². The van der Waals surface area contributed by atoms with E-state index in [9.17, 15) is 0 Å². The van der Waals surface area contributed by atoms with Crippen LogP contribution < -0.4 is 0 Å². The molecule has 0 nitrogen and oxygen atoms in total. The van der Waals surface area contributed by atoms with E-state index in [-0.39, 0.29) is 0 Å². The first-order chi connectivity index (χ1) is 13.8. The van der Waals surface area contributed by atoms with Gasteiger partial charge in [-0.25, -0.2) is 0 Å². The van der Waals surface area contributed by atoms with Crippen LogP contribution in [0.4, 0.5) is 0 Å². The molecule has 162 valence electrons. The van der Waals surface area contributed by atoms with Crippen molar-refractivity contribution in [3.63, 3.8) is 0 Å². The largest absolute Gasteiger partial charge is 0.0654 e. The van der Waals surface area contributed by atoms with Crippen molar-refractivity contribution in [1.29, 1.82) is 0 Å². The summed E-state index contributed by atoms with van der Waals surface area (Å²) < 4.78 is 0. The molecule has 4 aliphatic carbocycles. The highest BCUT2D eigenvalue weighted by Gasteiger charge is 2.46. The number of hydrogen-bond donors (Lipinski definition) is 0. The quantitative estimate of drug-likeness (QED) is 0.370. The maximum absolute atomic E-state index is 2.39. The fraction of sp³-hybridized carbons (Fsp3) is 1.00. The molecule has 0 heteroatoms. The molecule has 0 aromatic heterocycles. The lowest BCUT2D eigenvalue weighted by molar-refractivity contribution is 0.171. The Labute approximate surface area is 177 Å². The van der Waals surface area contributed by atoms with Crippen LogP contribution in [-0.2, 0) is 0 Å². The van der Waals surface area contributed by atoms with Crippen LogP contribution in [0.5, 0.6) is 0 Å². The third kappa shape index (κ3) is 4.67. The molecule has 8 unspecified atom stereocenters. The van der Waals surface area contributed by atoms with Gasteiger partial charge in [0.05, 0.1) is 0 Å². The minimum Gasteiger partial charge on any atom is -0.0654 e. The van der Waals surface area contributed by atoms with Crippen LogP contribution >= 0.6 is 0 Å². The van der Waals surface area contributed by atoms with Crippen molar-refractivity contribution >= 4 is 0 Å². The van der Waals surface area contributed by atoms with Crippen molar-refractivity contribution in [1.82, 2.24) is 0 Å². The van der Waals surface area contributed by atoms with E-state index in [4.69, 9.17) is 0 Å². The maximum Gasteiger partial charge on any atom is -0.0355 e. The van der Waals surface area contributed by atoms with Gasteiger partial charge in [0.2, 0.25) is 0 Å². The fourth-order valence-electron chi connectivity index (χ4n) is 8.88. The van der Waals surface area contributed by atoms with Gasteiger partial charge < -0.3 is 0 Å². The van der Waals surface area contributed by atoms with Gasteiger partial charge in [0.15, 0.2) is 0 Å². The highest BCUT2D eigenvalue weighted by molar-refractivity contribution is 4.96. The Bertz CT molecular complexity index is 411. The Morgan fingerprint density at radius 2 is 0.786 bits per heavy atom. The first-order valence-electron chi connectivity index (χ1n) is 13.8. The average molecular weight is 387 g/mol. The normalized spacial score (nSPS) is 43.1. The van der Waals surface area contributed by atoms with E-state index < -0.39 is 0 Å². The molecular formula is C28H50. The molecule has 4 aliphatic rings. The van der Waals surface area contributed by atoms with Gasteiger partial charge in [0, 0.05) is 0 Å². The Balaban J connectivity index is 1.33. The number of hydrogen-bond acceptors (Lipinski definition) is 0. The van der Waals surface area contributed by atoms with E-state index in [2.05, 4.69) is 13.8 Å². The molecule has 0 aliphatic heterocycles. The maximum atomic E-state index is 2.39. The van der Waals surface area contributed by atoms with Crippen LogP contribution in [0.1, 0.15) is 129 Å². The van der Waals surface area contributed by atoms with Crippen molar-refractivity contribution in [3.05, 3.63) is 0 Å². The van der Waals surface area contributed by atoms with Gasteiger partial charge in [-0.2, -0.15) is 0 Å². The predicted molar refractivity (Wildman–Crippen MR) is 122 cm³/mol. The molecule has 0 aromatic rings. The zero-order valence-electron chi connectivity index (χ0n) is 19.3. The molecule has 4 saturated carbocycles. The lowest BCUT2D eigenvalue weighted by Gasteiger charge is -2.33.